The Labute approximate surface area is 212 Å². The van der Waals surface area contributed by atoms with Crippen LogP contribution in [0.15, 0.2) is 42.7 Å². The van der Waals surface area contributed by atoms with Crippen molar-refractivity contribution in [2.24, 2.45) is 5.14 Å². The van der Waals surface area contributed by atoms with E-state index in [2.05, 4.69) is 39.1 Å². The van der Waals surface area contributed by atoms with Gasteiger partial charge in [0.1, 0.15) is 12.7 Å². The Hall–Kier alpha value is -2.51. The molecule has 0 spiro atoms. The van der Waals surface area contributed by atoms with Crippen LogP contribution in [0.2, 0.25) is 0 Å². The number of hydrogen-bond acceptors (Lipinski definition) is 8. The Kier molecular flexibility index (Phi) is 8.07. The third-order valence-corrected chi connectivity index (χ3v) is 7.23. The first-order chi connectivity index (χ1) is 16.5. The van der Waals surface area contributed by atoms with E-state index in [9.17, 15) is 8.42 Å². The molecule has 0 unspecified atom stereocenters. The Bertz CT molecular complexity index is 1250. The molecule has 35 heavy (non-hydrogen) atoms. The summed E-state index contributed by atoms with van der Waals surface area (Å²) in [6.45, 7) is 2.90. The maximum atomic E-state index is 11.7. The monoisotopic (exact) mass is 518 g/mol. The Morgan fingerprint density at radius 1 is 1.06 bits per heavy atom. The van der Waals surface area contributed by atoms with Crippen LogP contribution in [-0.2, 0) is 14.9 Å². The van der Waals surface area contributed by atoms with Crippen molar-refractivity contribution in [1.82, 2.24) is 19.3 Å². The summed E-state index contributed by atoms with van der Waals surface area (Å²) in [6.07, 6.45) is 6.51. The maximum Gasteiger partial charge on any atom is 0.277 e. The highest BCUT2D eigenvalue weighted by Gasteiger charge is 2.28. The number of ether oxygens (including phenoxy) is 2. The lowest BCUT2D eigenvalue weighted by Crippen LogP contribution is -2.49. The molecule has 2 saturated heterocycles. The van der Waals surface area contributed by atoms with Crippen LogP contribution in [0, 0.1) is 0 Å². The van der Waals surface area contributed by atoms with Crippen molar-refractivity contribution in [2.75, 3.05) is 44.3 Å². The van der Waals surface area contributed by atoms with E-state index in [0.717, 1.165) is 24.3 Å². The lowest BCUT2D eigenvalue weighted by atomic mass is 10.1. The molecule has 188 valence electrons. The predicted octanol–water partition coefficient (Wildman–Crippen LogP) is 2.08. The number of hydrogen-bond donors (Lipinski definition) is 1. The van der Waals surface area contributed by atoms with Crippen LogP contribution >= 0.6 is 13.5 Å². The lowest BCUT2D eigenvalue weighted by molar-refractivity contribution is -0.0254. The van der Waals surface area contributed by atoms with Crippen LogP contribution in [0.4, 0.5) is 5.69 Å². The quantitative estimate of drug-likeness (QED) is 0.526. The van der Waals surface area contributed by atoms with Crippen molar-refractivity contribution >= 4 is 40.4 Å². The summed E-state index contributed by atoms with van der Waals surface area (Å²) in [5, 5.41) is 5.26. The number of benzene rings is 1. The second kappa shape index (κ2) is 11.0. The topological polar surface area (TPSA) is 124 Å². The molecule has 2 aliphatic heterocycles. The van der Waals surface area contributed by atoms with E-state index in [4.69, 9.17) is 19.6 Å². The molecule has 10 nitrogen and oxygen atoms in total. The Morgan fingerprint density at radius 2 is 1.80 bits per heavy atom. The van der Waals surface area contributed by atoms with Crippen molar-refractivity contribution in [2.45, 2.75) is 25.4 Å². The van der Waals surface area contributed by atoms with E-state index in [1.54, 1.807) is 12.4 Å². The molecule has 2 N–H and O–H groups in total. The molecule has 0 radical (unpaired) electrons. The fraction of sp³-hybridized carbons (Fsp3) is 0.435. The molecular weight excluding hydrogens is 488 g/mol. The van der Waals surface area contributed by atoms with E-state index < -0.39 is 16.3 Å². The van der Waals surface area contributed by atoms with E-state index in [1.165, 1.54) is 29.3 Å². The average molecular weight is 519 g/mol. The van der Waals surface area contributed by atoms with Gasteiger partial charge in [-0.1, -0.05) is 12.1 Å². The van der Waals surface area contributed by atoms with Gasteiger partial charge in [0.15, 0.2) is 5.52 Å². The summed E-state index contributed by atoms with van der Waals surface area (Å²) < 4.78 is 36.2. The highest BCUT2D eigenvalue weighted by atomic mass is 32.2. The van der Waals surface area contributed by atoms with Crippen LogP contribution in [-0.4, -0.2) is 73.2 Å². The van der Waals surface area contributed by atoms with Gasteiger partial charge in [-0.2, -0.15) is 26.2 Å². The van der Waals surface area contributed by atoms with Gasteiger partial charge in [-0.3, -0.25) is 4.98 Å². The highest BCUT2D eigenvalue weighted by molar-refractivity contribution is 7.86. The zero-order chi connectivity index (χ0) is 23.5. The number of pyridine rings is 1. The van der Waals surface area contributed by atoms with Gasteiger partial charge >= 0.3 is 0 Å². The summed E-state index contributed by atoms with van der Waals surface area (Å²) in [5.74, 6) is 0.331. The number of anilines is 1. The van der Waals surface area contributed by atoms with Crippen molar-refractivity contribution in [3.63, 3.8) is 0 Å². The van der Waals surface area contributed by atoms with Gasteiger partial charge in [-0.15, -0.1) is 0 Å². The van der Waals surface area contributed by atoms with Gasteiger partial charge in [0.25, 0.3) is 10.2 Å². The molecule has 2 aliphatic rings. The molecule has 0 aliphatic carbocycles. The van der Waals surface area contributed by atoms with Crippen LogP contribution in [0.1, 0.15) is 19.3 Å². The van der Waals surface area contributed by atoms with Crippen LogP contribution in [0.3, 0.4) is 0 Å². The molecular formula is C23H30N6O4S2. The molecule has 0 amide bonds. The summed E-state index contributed by atoms with van der Waals surface area (Å²) >= 11 is 0. The second-order valence-electron chi connectivity index (χ2n) is 8.54. The average Bonchev–Trinajstić information content (AvgIpc) is 2.87. The molecule has 2 fully saturated rings. The number of morpholine rings is 1. The second-order valence-corrected chi connectivity index (χ2v) is 10.1. The lowest BCUT2D eigenvalue weighted by Gasteiger charge is -2.30. The van der Waals surface area contributed by atoms with E-state index in [-0.39, 0.29) is 39.8 Å². The standard InChI is InChI=1S/C23H28N6O4S.H2S/c24-34(30,31)29-12-13-32-19(15-29)16-33-23-22-21(25-8-9-26-22)14-20(27-23)17-4-6-18(7-5-17)28-10-2-1-3-11-28;/h4-9,14,19H,1-3,10-13,15-16H2,(H2,24,30,31);1H2/t19-;/m0./s1. The molecule has 1 atom stereocenters. The van der Waals surface area contributed by atoms with E-state index in [1.807, 2.05) is 6.07 Å². The van der Waals surface area contributed by atoms with Gasteiger partial charge in [-0.25, -0.2) is 15.1 Å². The van der Waals surface area contributed by atoms with Crippen molar-refractivity contribution in [3.8, 4) is 17.1 Å². The summed E-state index contributed by atoms with van der Waals surface area (Å²) in [7, 11) is -3.77. The molecule has 12 heteroatoms. The molecule has 5 rings (SSSR count). The molecule has 2 aromatic heterocycles. The number of fused-ring (bicyclic) bond motifs is 1. The molecule has 3 aromatic rings. The van der Waals surface area contributed by atoms with Crippen molar-refractivity contribution in [3.05, 3.63) is 42.7 Å². The summed E-state index contributed by atoms with van der Waals surface area (Å²) in [4.78, 5) is 15.9. The van der Waals surface area contributed by atoms with Crippen LogP contribution in [0.25, 0.3) is 22.3 Å². The third kappa shape index (κ3) is 6.01. The fourth-order valence-electron chi connectivity index (χ4n) is 4.38. The van der Waals surface area contributed by atoms with Gasteiger partial charge in [0.05, 0.1) is 17.8 Å². The Balaban J connectivity index is 0.00000289. The predicted molar refractivity (Wildman–Crippen MR) is 139 cm³/mol. The normalized spacial score (nSPS) is 19.3. The largest absolute Gasteiger partial charge is 0.473 e. The summed E-state index contributed by atoms with van der Waals surface area (Å²) in [5.41, 5.74) is 4.10. The van der Waals surface area contributed by atoms with Gasteiger partial charge < -0.3 is 14.4 Å². The van der Waals surface area contributed by atoms with Crippen LogP contribution in [0.5, 0.6) is 5.88 Å². The number of nitrogens with two attached hydrogens (primary N) is 1. The Morgan fingerprint density at radius 3 is 2.54 bits per heavy atom. The molecule has 4 heterocycles. The van der Waals surface area contributed by atoms with Crippen LogP contribution < -0.4 is 14.8 Å². The van der Waals surface area contributed by atoms with E-state index >= 15 is 0 Å². The molecule has 1 aromatic carbocycles. The zero-order valence-corrected chi connectivity index (χ0v) is 21.2. The van der Waals surface area contributed by atoms with Gasteiger partial charge in [0, 0.05) is 49.8 Å². The fourth-order valence-corrected chi connectivity index (χ4v) is 5.09. The van der Waals surface area contributed by atoms with Gasteiger partial charge in [-0.05, 0) is 37.5 Å². The van der Waals surface area contributed by atoms with E-state index in [0.29, 0.717) is 16.9 Å². The van der Waals surface area contributed by atoms with Gasteiger partial charge in [0.2, 0.25) is 5.88 Å². The molecule has 0 saturated carbocycles. The number of rotatable bonds is 6. The molecule has 0 bridgehead atoms. The maximum absolute atomic E-state index is 11.7. The minimum atomic E-state index is -3.77. The van der Waals surface area contributed by atoms with Crippen molar-refractivity contribution in [1.29, 1.82) is 0 Å². The smallest absolute Gasteiger partial charge is 0.277 e. The summed E-state index contributed by atoms with van der Waals surface area (Å²) in [6, 6.07) is 10.3. The minimum Gasteiger partial charge on any atom is -0.473 e. The zero-order valence-electron chi connectivity index (χ0n) is 19.3. The first kappa shape index (κ1) is 25.6. The number of aromatic nitrogens is 3. The van der Waals surface area contributed by atoms with Crippen molar-refractivity contribution < 1.29 is 17.9 Å². The third-order valence-electron chi connectivity index (χ3n) is 6.18. The minimum absolute atomic E-state index is 0. The first-order valence-electron chi connectivity index (χ1n) is 11.5. The first-order valence-corrected chi connectivity index (χ1v) is 13.0. The highest BCUT2D eigenvalue weighted by Crippen LogP contribution is 2.29. The number of piperidine rings is 1. The number of nitrogens with zero attached hydrogens (tertiary/aromatic N) is 5. The SMILES string of the molecule is NS(=O)(=O)N1CCO[C@H](COc2nc(-c3ccc(N4CCCCC4)cc3)cc3nccnc23)C1.S.